The average Bonchev–Trinajstić information content (AvgIpc) is 3.20. The predicted octanol–water partition coefficient (Wildman–Crippen LogP) is 2.78. The highest BCUT2D eigenvalue weighted by Crippen LogP contribution is 2.36. The van der Waals surface area contributed by atoms with Gasteiger partial charge in [-0.1, -0.05) is 18.2 Å². The highest BCUT2D eigenvalue weighted by atomic mass is 32.2. The fourth-order valence-corrected chi connectivity index (χ4v) is 5.46. The molecule has 0 spiro atoms. The van der Waals surface area contributed by atoms with Gasteiger partial charge >= 0.3 is 0 Å². The van der Waals surface area contributed by atoms with Crippen molar-refractivity contribution in [2.45, 2.75) is 35.9 Å². The molecule has 1 aliphatic rings. The first-order chi connectivity index (χ1) is 14.4. The van der Waals surface area contributed by atoms with Gasteiger partial charge in [0.05, 0.1) is 6.04 Å². The molecular formula is C19H22N6O3S2. The van der Waals surface area contributed by atoms with E-state index in [1.807, 2.05) is 22.9 Å². The maximum Gasteiger partial charge on any atom is 0.252 e. The van der Waals surface area contributed by atoms with E-state index in [2.05, 4.69) is 20.8 Å². The lowest BCUT2D eigenvalue weighted by atomic mass is 10.2. The fourth-order valence-electron chi connectivity index (χ4n) is 3.05. The number of hydrogen-bond acceptors (Lipinski definition) is 7. The Morgan fingerprint density at radius 1 is 1.30 bits per heavy atom. The summed E-state index contributed by atoms with van der Waals surface area (Å²) in [7, 11) is -1.96. The second kappa shape index (κ2) is 8.62. The van der Waals surface area contributed by atoms with Gasteiger partial charge in [-0.3, -0.25) is 4.79 Å². The average molecular weight is 447 g/mol. The van der Waals surface area contributed by atoms with E-state index < -0.39 is 10.0 Å². The van der Waals surface area contributed by atoms with E-state index in [0.29, 0.717) is 28.2 Å². The Morgan fingerprint density at radius 3 is 2.87 bits per heavy atom. The molecule has 4 rings (SSSR count). The Bertz CT molecular complexity index is 1120. The van der Waals surface area contributed by atoms with Gasteiger partial charge in [0, 0.05) is 31.3 Å². The first-order valence-corrected chi connectivity index (χ1v) is 11.9. The summed E-state index contributed by atoms with van der Waals surface area (Å²) in [4.78, 5) is 12.3. The highest BCUT2D eigenvalue weighted by molar-refractivity contribution is 7.91. The summed E-state index contributed by atoms with van der Waals surface area (Å²) in [6.07, 6.45) is 2.79. The molecule has 1 fully saturated rings. The standard InChI is InChI=1S/C19H22N6O3S2/c1-24(30(27,28)18-8-4-12-29-18)11-3-7-17(26)20-15-6-2-5-14(13-15)19-21-22-23-25(19)16-9-10-16/h2,4-6,8,12-13,16H,3,7,9-11H2,1H3,(H,20,26). The van der Waals surface area contributed by atoms with E-state index >= 15 is 0 Å². The molecule has 9 nitrogen and oxygen atoms in total. The molecule has 0 atom stereocenters. The van der Waals surface area contributed by atoms with Gasteiger partial charge in [0.15, 0.2) is 5.82 Å². The summed E-state index contributed by atoms with van der Waals surface area (Å²) >= 11 is 1.18. The zero-order valence-electron chi connectivity index (χ0n) is 16.4. The van der Waals surface area contributed by atoms with Crippen molar-refractivity contribution in [2.24, 2.45) is 0 Å². The molecule has 0 bridgehead atoms. The number of sulfonamides is 1. The first kappa shape index (κ1) is 20.6. The largest absolute Gasteiger partial charge is 0.326 e. The van der Waals surface area contributed by atoms with Crippen molar-refractivity contribution in [3.05, 3.63) is 41.8 Å². The Labute approximate surface area is 178 Å². The topological polar surface area (TPSA) is 110 Å². The van der Waals surface area contributed by atoms with Crippen LogP contribution in [0, 0.1) is 0 Å². The van der Waals surface area contributed by atoms with Crippen LogP contribution >= 0.6 is 11.3 Å². The fraction of sp³-hybridized carbons (Fsp3) is 0.368. The van der Waals surface area contributed by atoms with Gasteiger partial charge in [0.2, 0.25) is 5.91 Å². The van der Waals surface area contributed by atoms with Crippen LogP contribution in [0.2, 0.25) is 0 Å². The molecule has 2 aromatic heterocycles. The van der Waals surface area contributed by atoms with Gasteiger partial charge in [-0.25, -0.2) is 17.4 Å². The third kappa shape index (κ3) is 4.58. The van der Waals surface area contributed by atoms with Crippen molar-refractivity contribution in [1.29, 1.82) is 0 Å². The number of carbonyl (C=O) groups is 1. The molecule has 1 amide bonds. The lowest BCUT2D eigenvalue weighted by Gasteiger charge is -2.15. The molecule has 1 N–H and O–H groups in total. The van der Waals surface area contributed by atoms with Crippen LogP contribution in [0.1, 0.15) is 31.7 Å². The number of carbonyl (C=O) groups excluding carboxylic acids is 1. The van der Waals surface area contributed by atoms with Gasteiger partial charge in [-0.2, -0.15) is 0 Å². The molecule has 1 saturated carbocycles. The number of tetrazole rings is 1. The molecule has 1 aliphatic carbocycles. The van der Waals surface area contributed by atoms with Gasteiger partial charge in [0.1, 0.15) is 4.21 Å². The molecule has 0 unspecified atom stereocenters. The Hall–Kier alpha value is -2.63. The molecular weight excluding hydrogens is 424 g/mol. The SMILES string of the molecule is CN(CCCC(=O)Nc1cccc(-c2nnnn2C2CC2)c1)S(=O)(=O)c1cccs1. The number of amides is 1. The number of nitrogens with zero attached hydrogens (tertiary/aromatic N) is 5. The highest BCUT2D eigenvalue weighted by Gasteiger charge is 2.28. The van der Waals surface area contributed by atoms with Crippen molar-refractivity contribution in [2.75, 3.05) is 18.9 Å². The minimum absolute atomic E-state index is 0.171. The summed E-state index contributed by atoms with van der Waals surface area (Å²) in [5, 5.41) is 16.5. The summed E-state index contributed by atoms with van der Waals surface area (Å²) < 4.78 is 28.2. The van der Waals surface area contributed by atoms with E-state index in [-0.39, 0.29) is 18.9 Å². The molecule has 0 aliphatic heterocycles. The second-order valence-electron chi connectivity index (χ2n) is 7.17. The quantitative estimate of drug-likeness (QED) is 0.541. The second-order valence-corrected chi connectivity index (χ2v) is 10.4. The lowest BCUT2D eigenvalue weighted by molar-refractivity contribution is -0.116. The molecule has 30 heavy (non-hydrogen) atoms. The summed E-state index contributed by atoms with van der Waals surface area (Å²) in [6, 6.07) is 11.0. The molecule has 158 valence electrons. The van der Waals surface area contributed by atoms with Gasteiger partial charge in [0.25, 0.3) is 10.0 Å². The zero-order chi connectivity index (χ0) is 21.1. The maximum atomic E-state index is 12.4. The first-order valence-electron chi connectivity index (χ1n) is 9.63. The van der Waals surface area contributed by atoms with Crippen molar-refractivity contribution < 1.29 is 13.2 Å². The van der Waals surface area contributed by atoms with E-state index in [4.69, 9.17) is 0 Å². The number of rotatable bonds is 9. The van der Waals surface area contributed by atoms with Crippen LogP contribution in [-0.4, -0.2) is 52.4 Å². The molecule has 11 heteroatoms. The Kier molecular flexibility index (Phi) is 5.93. The van der Waals surface area contributed by atoms with Crippen LogP contribution in [0.5, 0.6) is 0 Å². The normalized spacial score (nSPS) is 14.2. The van der Waals surface area contributed by atoms with E-state index in [0.717, 1.165) is 18.4 Å². The van der Waals surface area contributed by atoms with Crippen LogP contribution in [0.4, 0.5) is 5.69 Å². The third-order valence-corrected chi connectivity index (χ3v) is 8.06. The zero-order valence-corrected chi connectivity index (χ0v) is 18.1. The molecule has 3 aromatic rings. The molecule has 2 heterocycles. The Balaban J connectivity index is 1.32. The number of anilines is 1. The number of benzene rings is 1. The van der Waals surface area contributed by atoms with E-state index in [1.165, 1.54) is 22.7 Å². The smallest absolute Gasteiger partial charge is 0.252 e. The van der Waals surface area contributed by atoms with Crippen LogP contribution in [0.3, 0.4) is 0 Å². The monoisotopic (exact) mass is 446 g/mol. The number of hydrogen-bond donors (Lipinski definition) is 1. The minimum Gasteiger partial charge on any atom is -0.326 e. The lowest BCUT2D eigenvalue weighted by Crippen LogP contribution is -2.28. The minimum atomic E-state index is -3.49. The van der Waals surface area contributed by atoms with Crippen molar-refractivity contribution in [1.82, 2.24) is 24.5 Å². The van der Waals surface area contributed by atoms with Gasteiger partial charge < -0.3 is 5.32 Å². The van der Waals surface area contributed by atoms with Crippen LogP contribution in [0.25, 0.3) is 11.4 Å². The molecule has 1 aromatic carbocycles. The van der Waals surface area contributed by atoms with Crippen LogP contribution < -0.4 is 5.32 Å². The number of thiophene rings is 1. The number of aromatic nitrogens is 4. The van der Waals surface area contributed by atoms with Crippen molar-refractivity contribution in [3.8, 4) is 11.4 Å². The van der Waals surface area contributed by atoms with Crippen molar-refractivity contribution >= 4 is 33.0 Å². The van der Waals surface area contributed by atoms with E-state index in [9.17, 15) is 13.2 Å². The molecule has 0 radical (unpaired) electrons. The summed E-state index contributed by atoms with van der Waals surface area (Å²) in [5.41, 5.74) is 1.49. The third-order valence-electron chi connectivity index (χ3n) is 4.83. The summed E-state index contributed by atoms with van der Waals surface area (Å²) in [5.74, 6) is 0.518. The predicted molar refractivity (Wildman–Crippen MR) is 114 cm³/mol. The number of nitrogens with one attached hydrogen (secondary N) is 1. The van der Waals surface area contributed by atoms with Gasteiger partial charge in [-0.05, 0) is 53.3 Å². The van der Waals surface area contributed by atoms with Crippen molar-refractivity contribution in [3.63, 3.8) is 0 Å². The van der Waals surface area contributed by atoms with Crippen LogP contribution in [-0.2, 0) is 14.8 Å². The summed E-state index contributed by atoms with van der Waals surface area (Å²) in [6.45, 7) is 0.268. The van der Waals surface area contributed by atoms with E-state index in [1.54, 1.807) is 23.6 Å². The van der Waals surface area contributed by atoms with Gasteiger partial charge in [-0.15, -0.1) is 16.4 Å². The maximum absolute atomic E-state index is 12.4. The Morgan fingerprint density at radius 2 is 2.13 bits per heavy atom. The van der Waals surface area contributed by atoms with Crippen LogP contribution in [0.15, 0.2) is 46.0 Å². The molecule has 0 saturated heterocycles.